The topological polar surface area (TPSA) is 86.3 Å². The Hall–Kier alpha value is 0.380. The Kier molecular flexibility index (Phi) is 8.28. The molecule has 0 radical (unpaired) electrons. The summed E-state index contributed by atoms with van der Waals surface area (Å²) in [5.41, 5.74) is -0.366. The minimum absolute atomic E-state index is 0. The second-order valence-corrected chi connectivity index (χ2v) is 7.74. The summed E-state index contributed by atoms with van der Waals surface area (Å²) in [7, 11) is -4.15. The zero-order valence-electron chi connectivity index (χ0n) is 12.9. The zero-order valence-corrected chi connectivity index (χ0v) is 15.8. The molecule has 7 heteroatoms. The van der Waals surface area contributed by atoms with E-state index < -0.39 is 15.4 Å². The molecule has 0 aromatic heterocycles. The number of hydrogen-bond donors (Lipinski definition) is 1. The first kappa shape index (κ1) is 20.4. The minimum atomic E-state index is -4.15. The Morgan fingerprint density at radius 2 is 1.75 bits per heavy atom. The number of carbonyl (C=O) groups excluding carboxylic acids is 1. The maximum Gasteiger partial charge on any atom is 1.00 e. The van der Waals surface area contributed by atoms with E-state index in [9.17, 15) is 17.8 Å². The van der Waals surface area contributed by atoms with Gasteiger partial charge in [0.25, 0.3) is 0 Å². The van der Waals surface area contributed by atoms with Gasteiger partial charge in [-0.15, -0.1) is 0 Å². The first-order chi connectivity index (χ1) is 8.66. The predicted molar refractivity (Wildman–Crippen MR) is 72.5 cm³/mol. The van der Waals surface area contributed by atoms with Crippen LogP contribution in [0.3, 0.4) is 0 Å². The van der Waals surface area contributed by atoms with Gasteiger partial charge in [-0.3, -0.25) is 4.79 Å². The van der Waals surface area contributed by atoms with E-state index in [-0.39, 0.29) is 46.8 Å². The van der Waals surface area contributed by atoms with Gasteiger partial charge in [0.2, 0.25) is 5.91 Å². The van der Waals surface area contributed by atoms with Gasteiger partial charge in [0.05, 0.1) is 10.1 Å². The quantitative estimate of drug-likeness (QED) is 0.502. The molecular weight excluding hydrogens is 289 g/mol. The van der Waals surface area contributed by atoms with Gasteiger partial charge in [-0.05, 0) is 38.0 Å². The van der Waals surface area contributed by atoms with Gasteiger partial charge in [0.1, 0.15) is 0 Å². The first-order valence-electron chi connectivity index (χ1n) is 6.90. The number of amides is 1. The van der Waals surface area contributed by atoms with Crippen molar-refractivity contribution in [2.45, 2.75) is 58.1 Å². The number of nitrogens with one attached hydrogen (secondary N) is 1. The predicted octanol–water partition coefficient (Wildman–Crippen LogP) is -1.35. The molecule has 1 aliphatic rings. The van der Waals surface area contributed by atoms with Crippen molar-refractivity contribution >= 4 is 16.0 Å². The van der Waals surface area contributed by atoms with Crippen molar-refractivity contribution in [1.82, 2.24) is 5.32 Å². The molecule has 1 aliphatic carbocycles. The molecule has 5 nitrogen and oxygen atoms in total. The van der Waals surface area contributed by atoms with Crippen LogP contribution in [0.2, 0.25) is 0 Å². The second kappa shape index (κ2) is 8.13. The molecule has 1 saturated carbocycles. The molecule has 0 atom stereocenters. The van der Waals surface area contributed by atoms with E-state index in [0.717, 1.165) is 6.42 Å². The van der Waals surface area contributed by atoms with Crippen LogP contribution < -0.4 is 34.9 Å². The van der Waals surface area contributed by atoms with E-state index in [1.165, 1.54) is 0 Å². The van der Waals surface area contributed by atoms with E-state index in [1.807, 2.05) is 20.8 Å². The van der Waals surface area contributed by atoms with Crippen molar-refractivity contribution in [1.29, 1.82) is 0 Å². The monoisotopic (exact) mass is 313 g/mol. The van der Waals surface area contributed by atoms with E-state index >= 15 is 0 Å². The SMILES string of the molecule is CCC(C)(C)C(=O)NCC1CCC(S(=O)(=O)[O-])CC1.[Na+]. The van der Waals surface area contributed by atoms with Gasteiger partial charge in [0.15, 0.2) is 0 Å². The summed E-state index contributed by atoms with van der Waals surface area (Å²) in [4.78, 5) is 11.9. The van der Waals surface area contributed by atoms with Crippen molar-refractivity contribution in [3.05, 3.63) is 0 Å². The fourth-order valence-electron chi connectivity index (χ4n) is 2.26. The van der Waals surface area contributed by atoms with Crippen LogP contribution in [-0.2, 0) is 14.9 Å². The van der Waals surface area contributed by atoms with Gasteiger partial charge >= 0.3 is 29.6 Å². The number of rotatable bonds is 5. The fourth-order valence-corrected chi connectivity index (χ4v) is 3.11. The molecule has 0 aliphatic heterocycles. The van der Waals surface area contributed by atoms with Crippen molar-refractivity contribution in [3.63, 3.8) is 0 Å². The molecule has 0 aromatic rings. The number of carbonyl (C=O) groups is 1. The second-order valence-electron chi connectivity index (χ2n) is 6.08. The molecule has 112 valence electrons. The maximum absolute atomic E-state index is 11.9. The molecule has 1 amide bonds. The van der Waals surface area contributed by atoms with Crippen LogP contribution in [0.15, 0.2) is 0 Å². The molecule has 20 heavy (non-hydrogen) atoms. The van der Waals surface area contributed by atoms with Gasteiger partial charge in [-0.2, -0.15) is 0 Å². The van der Waals surface area contributed by atoms with Gasteiger partial charge in [0, 0.05) is 17.2 Å². The molecule has 0 unspecified atom stereocenters. The third-order valence-electron chi connectivity index (χ3n) is 4.25. The molecule has 1 rings (SSSR count). The Balaban J connectivity index is 0.00000361. The summed E-state index contributed by atoms with van der Waals surface area (Å²) in [6.45, 7) is 6.37. The normalized spacial score (nSPS) is 23.8. The summed E-state index contributed by atoms with van der Waals surface area (Å²) < 4.78 is 32.7. The van der Waals surface area contributed by atoms with E-state index in [0.29, 0.717) is 32.2 Å². The third-order valence-corrected chi connectivity index (χ3v) is 5.54. The fraction of sp³-hybridized carbons (Fsp3) is 0.923. The Morgan fingerprint density at radius 1 is 1.25 bits per heavy atom. The summed E-state index contributed by atoms with van der Waals surface area (Å²) in [6.07, 6.45) is 3.00. The Bertz CT molecular complexity index is 414. The zero-order chi connectivity index (χ0) is 14.7. The van der Waals surface area contributed by atoms with Crippen LogP contribution in [0.25, 0.3) is 0 Å². The van der Waals surface area contributed by atoms with E-state index in [4.69, 9.17) is 0 Å². The van der Waals surface area contributed by atoms with E-state index in [1.54, 1.807) is 0 Å². The summed E-state index contributed by atoms with van der Waals surface area (Å²) >= 11 is 0. The maximum atomic E-state index is 11.9. The summed E-state index contributed by atoms with van der Waals surface area (Å²) in [5.74, 6) is 0.322. The Labute approximate surface area is 144 Å². The van der Waals surface area contributed by atoms with Crippen LogP contribution in [0.4, 0.5) is 0 Å². The molecule has 0 heterocycles. The van der Waals surface area contributed by atoms with Crippen molar-refractivity contribution in [2.75, 3.05) is 6.54 Å². The molecule has 1 fully saturated rings. The molecule has 0 bridgehead atoms. The van der Waals surface area contributed by atoms with Crippen LogP contribution in [-0.4, -0.2) is 30.7 Å². The molecule has 1 N–H and O–H groups in total. The van der Waals surface area contributed by atoms with Crippen LogP contribution in [0.1, 0.15) is 52.9 Å². The molecule has 0 spiro atoms. The minimum Gasteiger partial charge on any atom is -0.748 e. The van der Waals surface area contributed by atoms with Crippen molar-refractivity contribution in [2.24, 2.45) is 11.3 Å². The molecule has 0 aromatic carbocycles. The van der Waals surface area contributed by atoms with Gasteiger partial charge in [-0.1, -0.05) is 20.8 Å². The largest absolute Gasteiger partial charge is 1.00 e. The van der Waals surface area contributed by atoms with Crippen LogP contribution in [0, 0.1) is 11.3 Å². The molecule has 0 saturated heterocycles. The van der Waals surface area contributed by atoms with E-state index in [2.05, 4.69) is 5.32 Å². The standard InChI is InChI=1S/C13H25NO4S.Na/c1-4-13(2,3)12(15)14-9-10-5-7-11(8-6-10)19(16,17)18;/h10-11H,4-9H2,1-3H3,(H,14,15)(H,16,17,18);/q;+1/p-1. The van der Waals surface area contributed by atoms with Crippen LogP contribution in [0.5, 0.6) is 0 Å². The third kappa shape index (κ3) is 6.02. The van der Waals surface area contributed by atoms with Crippen molar-refractivity contribution < 1.29 is 47.3 Å². The summed E-state index contributed by atoms with van der Waals surface area (Å²) in [6, 6.07) is 0. The number of hydrogen-bond acceptors (Lipinski definition) is 4. The molecular formula is C13H24NNaO4S. The van der Waals surface area contributed by atoms with Crippen molar-refractivity contribution in [3.8, 4) is 0 Å². The average Bonchev–Trinajstić information content (AvgIpc) is 2.35. The van der Waals surface area contributed by atoms with Crippen LogP contribution >= 0.6 is 0 Å². The van der Waals surface area contributed by atoms with Gasteiger partial charge < -0.3 is 9.87 Å². The van der Waals surface area contributed by atoms with Gasteiger partial charge in [-0.25, -0.2) is 8.42 Å². The first-order valence-corrected chi connectivity index (χ1v) is 8.37. The average molecular weight is 313 g/mol. The summed E-state index contributed by atoms with van der Waals surface area (Å²) in [5, 5.41) is 2.20. The smallest absolute Gasteiger partial charge is 0.748 e. The Morgan fingerprint density at radius 3 is 2.15 bits per heavy atom.